The number of halogens is 3. The molecule has 0 saturated carbocycles. The van der Waals surface area contributed by atoms with E-state index in [1.807, 2.05) is 6.07 Å². The van der Waals surface area contributed by atoms with Gasteiger partial charge in [-0.25, -0.2) is 4.98 Å². The van der Waals surface area contributed by atoms with Gasteiger partial charge in [-0.2, -0.15) is 18.4 Å². The van der Waals surface area contributed by atoms with Crippen LogP contribution in [-0.4, -0.2) is 4.98 Å². The van der Waals surface area contributed by atoms with Crippen molar-refractivity contribution in [1.82, 2.24) is 4.98 Å². The quantitative estimate of drug-likeness (QED) is 0.766. The standard InChI is InChI=1S/C14H8F3N3OS/c15-14(16,17)7-6-8(9-2-1-5-21-9)20-13-11(7)12(19)10(22-13)3-4-18/h1-2,5-6H,3,19H2. The van der Waals surface area contributed by atoms with Crippen molar-refractivity contribution in [2.45, 2.75) is 12.6 Å². The number of anilines is 1. The third-order valence-electron chi connectivity index (χ3n) is 3.09. The maximum Gasteiger partial charge on any atom is 0.417 e. The van der Waals surface area contributed by atoms with Gasteiger partial charge in [-0.1, -0.05) is 0 Å². The number of aromatic nitrogens is 1. The molecule has 0 atom stereocenters. The summed E-state index contributed by atoms with van der Waals surface area (Å²) in [5, 5.41) is 8.59. The van der Waals surface area contributed by atoms with E-state index in [0.717, 1.165) is 17.4 Å². The van der Waals surface area contributed by atoms with Crippen molar-refractivity contribution in [3.63, 3.8) is 0 Å². The molecule has 112 valence electrons. The van der Waals surface area contributed by atoms with Gasteiger partial charge in [-0.3, -0.25) is 0 Å². The summed E-state index contributed by atoms with van der Waals surface area (Å²) in [5.74, 6) is 0.237. The molecule has 3 rings (SSSR count). The molecule has 0 aliphatic heterocycles. The SMILES string of the molecule is N#CCc1sc2nc(-c3ccco3)cc(C(F)(F)F)c2c1N. The molecule has 0 radical (unpaired) electrons. The van der Waals surface area contributed by atoms with Crippen LogP contribution in [0.5, 0.6) is 0 Å². The number of nitriles is 1. The highest BCUT2D eigenvalue weighted by atomic mass is 32.1. The van der Waals surface area contributed by atoms with E-state index in [2.05, 4.69) is 4.98 Å². The Balaban J connectivity index is 2.34. The molecule has 4 nitrogen and oxygen atoms in total. The number of hydrogen-bond acceptors (Lipinski definition) is 5. The molecule has 0 amide bonds. The Kier molecular flexibility index (Phi) is 3.30. The van der Waals surface area contributed by atoms with E-state index >= 15 is 0 Å². The second-order valence-corrected chi connectivity index (χ2v) is 5.57. The van der Waals surface area contributed by atoms with Crippen LogP contribution in [0, 0.1) is 11.3 Å². The monoisotopic (exact) mass is 323 g/mol. The van der Waals surface area contributed by atoms with E-state index in [1.54, 1.807) is 6.07 Å². The number of rotatable bonds is 2. The summed E-state index contributed by atoms with van der Waals surface area (Å²) in [7, 11) is 0. The number of fused-ring (bicyclic) bond motifs is 1. The molecule has 0 aromatic carbocycles. The molecular weight excluding hydrogens is 315 g/mol. The van der Waals surface area contributed by atoms with Crippen molar-refractivity contribution >= 4 is 27.2 Å². The Hall–Kier alpha value is -2.53. The minimum Gasteiger partial charge on any atom is -0.463 e. The summed E-state index contributed by atoms with van der Waals surface area (Å²) in [6.45, 7) is 0. The Morgan fingerprint density at radius 1 is 1.41 bits per heavy atom. The van der Waals surface area contributed by atoms with E-state index in [-0.39, 0.29) is 33.8 Å². The fraction of sp³-hybridized carbons (Fsp3) is 0.143. The molecule has 22 heavy (non-hydrogen) atoms. The van der Waals surface area contributed by atoms with E-state index in [0.29, 0.717) is 4.88 Å². The van der Waals surface area contributed by atoms with Gasteiger partial charge >= 0.3 is 6.18 Å². The van der Waals surface area contributed by atoms with Crippen LogP contribution >= 0.6 is 11.3 Å². The molecule has 3 aromatic heterocycles. The van der Waals surface area contributed by atoms with Crippen LogP contribution in [0.15, 0.2) is 28.9 Å². The van der Waals surface area contributed by atoms with Gasteiger partial charge in [0.15, 0.2) is 5.76 Å². The molecular formula is C14H8F3N3OS. The summed E-state index contributed by atoms with van der Waals surface area (Å²) in [4.78, 5) is 4.72. The Morgan fingerprint density at radius 3 is 2.77 bits per heavy atom. The average Bonchev–Trinajstić information content (AvgIpc) is 3.07. The maximum absolute atomic E-state index is 13.3. The van der Waals surface area contributed by atoms with Gasteiger partial charge in [-0.05, 0) is 18.2 Å². The van der Waals surface area contributed by atoms with Crippen LogP contribution in [0.25, 0.3) is 21.7 Å². The zero-order valence-electron chi connectivity index (χ0n) is 10.9. The molecule has 0 aliphatic rings. The van der Waals surface area contributed by atoms with Crippen molar-refractivity contribution < 1.29 is 17.6 Å². The number of nitrogens with two attached hydrogens (primary N) is 1. The van der Waals surface area contributed by atoms with E-state index in [9.17, 15) is 13.2 Å². The van der Waals surface area contributed by atoms with Crippen LogP contribution < -0.4 is 5.73 Å². The molecule has 2 N–H and O–H groups in total. The maximum atomic E-state index is 13.3. The number of nitrogens with zero attached hydrogens (tertiary/aromatic N) is 2. The predicted octanol–water partition coefficient (Wildman–Crippen LogP) is 4.22. The minimum absolute atomic E-state index is 0.0348. The molecule has 0 aliphatic carbocycles. The summed E-state index contributed by atoms with van der Waals surface area (Å²) in [6.07, 6.45) is -3.28. The summed E-state index contributed by atoms with van der Waals surface area (Å²) in [6, 6.07) is 5.90. The van der Waals surface area contributed by atoms with Gasteiger partial charge in [0, 0.05) is 10.3 Å². The molecule has 0 fully saturated rings. The fourth-order valence-electron chi connectivity index (χ4n) is 2.14. The lowest BCUT2D eigenvalue weighted by Gasteiger charge is -2.10. The minimum atomic E-state index is -4.58. The second kappa shape index (κ2) is 5.03. The van der Waals surface area contributed by atoms with E-state index < -0.39 is 11.7 Å². The van der Waals surface area contributed by atoms with Crippen LogP contribution in [0.4, 0.5) is 18.9 Å². The van der Waals surface area contributed by atoms with Crippen molar-refractivity contribution in [3.05, 3.63) is 34.9 Å². The smallest absolute Gasteiger partial charge is 0.417 e. The molecule has 0 saturated heterocycles. The number of thiophene rings is 1. The first kappa shape index (κ1) is 14.4. The molecule has 0 bridgehead atoms. The highest BCUT2D eigenvalue weighted by Crippen LogP contribution is 2.43. The van der Waals surface area contributed by atoms with Gasteiger partial charge < -0.3 is 10.2 Å². The number of alkyl halides is 3. The lowest BCUT2D eigenvalue weighted by atomic mass is 10.1. The highest BCUT2D eigenvalue weighted by Gasteiger charge is 2.35. The third-order valence-corrected chi connectivity index (χ3v) is 4.19. The first-order valence-electron chi connectivity index (χ1n) is 6.11. The zero-order valence-corrected chi connectivity index (χ0v) is 11.8. The Bertz CT molecular complexity index is 875. The van der Waals surface area contributed by atoms with E-state index in [1.165, 1.54) is 12.3 Å². The second-order valence-electron chi connectivity index (χ2n) is 4.48. The van der Waals surface area contributed by atoms with Crippen molar-refractivity contribution in [2.24, 2.45) is 0 Å². The highest BCUT2D eigenvalue weighted by molar-refractivity contribution is 7.19. The largest absolute Gasteiger partial charge is 0.463 e. The van der Waals surface area contributed by atoms with Crippen molar-refractivity contribution in [3.8, 4) is 17.5 Å². The first-order chi connectivity index (χ1) is 10.4. The number of nitrogen functional groups attached to an aromatic ring is 1. The van der Waals surface area contributed by atoms with Crippen LogP contribution in [-0.2, 0) is 12.6 Å². The summed E-state index contributed by atoms with van der Waals surface area (Å²) < 4.78 is 45.1. The first-order valence-corrected chi connectivity index (χ1v) is 6.93. The van der Waals surface area contributed by atoms with Gasteiger partial charge in [-0.15, -0.1) is 11.3 Å². The number of hydrogen-bond donors (Lipinski definition) is 1. The third kappa shape index (κ3) is 2.29. The normalized spacial score (nSPS) is 11.7. The Morgan fingerprint density at radius 2 is 2.18 bits per heavy atom. The van der Waals surface area contributed by atoms with Crippen molar-refractivity contribution in [2.75, 3.05) is 5.73 Å². The predicted molar refractivity (Wildman–Crippen MR) is 76.1 cm³/mol. The topological polar surface area (TPSA) is 75.8 Å². The molecule has 3 aromatic rings. The Labute approximate surface area is 126 Å². The number of pyridine rings is 1. The average molecular weight is 323 g/mol. The lowest BCUT2D eigenvalue weighted by molar-refractivity contribution is -0.136. The van der Waals surface area contributed by atoms with Gasteiger partial charge in [0.2, 0.25) is 0 Å². The van der Waals surface area contributed by atoms with Crippen molar-refractivity contribution in [1.29, 1.82) is 5.26 Å². The summed E-state index contributed by atoms with van der Waals surface area (Å²) >= 11 is 0.990. The zero-order chi connectivity index (χ0) is 15.9. The summed E-state index contributed by atoms with van der Waals surface area (Å²) in [5.41, 5.74) is 4.96. The van der Waals surface area contributed by atoms with E-state index in [4.69, 9.17) is 15.4 Å². The van der Waals surface area contributed by atoms with Gasteiger partial charge in [0.25, 0.3) is 0 Å². The van der Waals surface area contributed by atoms with Crippen LogP contribution in [0.3, 0.4) is 0 Å². The molecule has 0 unspecified atom stereocenters. The fourth-order valence-corrected chi connectivity index (χ4v) is 3.19. The molecule has 3 heterocycles. The van der Waals surface area contributed by atoms with Gasteiger partial charge in [0.05, 0.1) is 30.0 Å². The lowest BCUT2D eigenvalue weighted by Crippen LogP contribution is -2.07. The van der Waals surface area contributed by atoms with Crippen LogP contribution in [0.1, 0.15) is 10.4 Å². The molecule has 8 heteroatoms. The van der Waals surface area contributed by atoms with Gasteiger partial charge in [0.1, 0.15) is 10.5 Å². The number of furan rings is 1. The van der Waals surface area contributed by atoms with Crippen LogP contribution in [0.2, 0.25) is 0 Å². The molecule has 0 spiro atoms.